The lowest BCUT2D eigenvalue weighted by Gasteiger charge is -1.98. The van der Waals surface area contributed by atoms with E-state index in [1.165, 1.54) is 0 Å². The zero-order valence-electron chi connectivity index (χ0n) is 8.68. The van der Waals surface area contributed by atoms with Gasteiger partial charge in [0.2, 0.25) is 0 Å². The molecule has 84 valence electrons. The van der Waals surface area contributed by atoms with E-state index in [0.29, 0.717) is 11.4 Å². The van der Waals surface area contributed by atoms with Crippen LogP contribution in [0.25, 0.3) is 22.6 Å². The van der Waals surface area contributed by atoms with E-state index in [-0.39, 0.29) is 0 Å². The van der Waals surface area contributed by atoms with Crippen LogP contribution in [-0.2, 0) is 0 Å². The Labute approximate surface area is 95.3 Å². The summed E-state index contributed by atoms with van der Waals surface area (Å²) in [6.45, 7) is 0. The second kappa shape index (κ2) is 3.75. The van der Waals surface area contributed by atoms with E-state index >= 15 is 0 Å². The van der Waals surface area contributed by atoms with Gasteiger partial charge in [-0.05, 0) is 0 Å². The topological polar surface area (TPSA) is 87.6 Å². The standard InChI is InChI=1S/C11H8N4O2/c16-11-13-10(15-17-11)8-6-12-14-9(8)7-4-2-1-3-5-7/h1-6H,(H,12,14)(H,13,15,16). The molecule has 0 aliphatic rings. The normalized spacial score (nSPS) is 10.6. The van der Waals surface area contributed by atoms with Crippen LogP contribution >= 0.6 is 0 Å². The summed E-state index contributed by atoms with van der Waals surface area (Å²) >= 11 is 0. The average Bonchev–Trinajstić information content (AvgIpc) is 2.98. The SMILES string of the molecule is O=c1[nH]c(-c2cn[nH]c2-c2ccccc2)no1. The first-order valence-electron chi connectivity index (χ1n) is 5.00. The monoisotopic (exact) mass is 228 g/mol. The summed E-state index contributed by atoms with van der Waals surface area (Å²) in [4.78, 5) is 13.4. The minimum Gasteiger partial charge on any atom is -0.296 e. The fraction of sp³-hybridized carbons (Fsp3) is 0. The van der Waals surface area contributed by atoms with Gasteiger partial charge in [-0.3, -0.25) is 14.6 Å². The van der Waals surface area contributed by atoms with Crippen LogP contribution in [0.3, 0.4) is 0 Å². The van der Waals surface area contributed by atoms with Crippen molar-refractivity contribution in [3.05, 3.63) is 47.1 Å². The van der Waals surface area contributed by atoms with Crippen molar-refractivity contribution in [2.45, 2.75) is 0 Å². The first kappa shape index (κ1) is 9.59. The quantitative estimate of drug-likeness (QED) is 0.694. The molecule has 0 aliphatic heterocycles. The number of nitrogens with one attached hydrogen (secondary N) is 2. The second-order valence-electron chi connectivity index (χ2n) is 3.47. The molecule has 1 aromatic carbocycles. The largest absolute Gasteiger partial charge is 0.439 e. The zero-order chi connectivity index (χ0) is 11.7. The molecule has 2 aromatic heterocycles. The Kier molecular flexibility index (Phi) is 2.11. The van der Waals surface area contributed by atoms with Gasteiger partial charge in [-0.25, -0.2) is 4.79 Å². The highest BCUT2D eigenvalue weighted by atomic mass is 16.5. The van der Waals surface area contributed by atoms with E-state index < -0.39 is 5.76 Å². The van der Waals surface area contributed by atoms with E-state index in [9.17, 15) is 4.79 Å². The molecule has 0 fully saturated rings. The lowest BCUT2D eigenvalue weighted by molar-refractivity contribution is 0.388. The van der Waals surface area contributed by atoms with Gasteiger partial charge in [-0.15, -0.1) is 0 Å². The molecule has 3 aromatic rings. The van der Waals surface area contributed by atoms with Crippen molar-refractivity contribution in [3.8, 4) is 22.6 Å². The predicted octanol–water partition coefficient (Wildman–Crippen LogP) is 1.42. The number of nitrogens with zero attached hydrogens (tertiary/aromatic N) is 2. The van der Waals surface area contributed by atoms with Gasteiger partial charge in [-0.1, -0.05) is 35.5 Å². The third-order valence-electron chi connectivity index (χ3n) is 2.40. The van der Waals surface area contributed by atoms with Crippen molar-refractivity contribution in [1.29, 1.82) is 0 Å². The van der Waals surface area contributed by atoms with Gasteiger partial charge >= 0.3 is 5.76 Å². The maximum absolute atomic E-state index is 10.9. The first-order valence-corrected chi connectivity index (χ1v) is 5.00. The molecule has 3 rings (SSSR count). The van der Waals surface area contributed by atoms with Crippen LogP contribution in [0, 0.1) is 0 Å². The summed E-state index contributed by atoms with van der Waals surface area (Å²) in [5, 5.41) is 10.5. The molecule has 0 unspecified atom stereocenters. The van der Waals surface area contributed by atoms with Gasteiger partial charge in [0.15, 0.2) is 5.82 Å². The van der Waals surface area contributed by atoms with Crippen molar-refractivity contribution >= 4 is 0 Å². The van der Waals surface area contributed by atoms with Crippen LogP contribution in [0.5, 0.6) is 0 Å². The second-order valence-corrected chi connectivity index (χ2v) is 3.47. The van der Waals surface area contributed by atoms with Crippen molar-refractivity contribution < 1.29 is 4.52 Å². The summed E-state index contributed by atoms with van der Waals surface area (Å²) in [6, 6.07) is 9.65. The number of aromatic amines is 2. The predicted molar refractivity (Wildman–Crippen MR) is 60.1 cm³/mol. The van der Waals surface area contributed by atoms with Crippen LogP contribution < -0.4 is 5.76 Å². The summed E-state index contributed by atoms with van der Waals surface area (Å²) < 4.78 is 4.48. The molecular weight excluding hydrogens is 220 g/mol. The molecule has 2 N–H and O–H groups in total. The molecule has 0 aliphatic carbocycles. The lowest BCUT2D eigenvalue weighted by Crippen LogP contribution is -1.95. The minimum absolute atomic E-state index is 0.364. The Balaban J connectivity index is 2.15. The molecule has 0 amide bonds. The highest BCUT2D eigenvalue weighted by Gasteiger charge is 2.13. The van der Waals surface area contributed by atoms with Gasteiger partial charge in [0.25, 0.3) is 0 Å². The summed E-state index contributed by atoms with van der Waals surface area (Å²) in [7, 11) is 0. The molecule has 2 heterocycles. The van der Waals surface area contributed by atoms with Crippen molar-refractivity contribution in [3.63, 3.8) is 0 Å². The first-order chi connectivity index (χ1) is 8.34. The summed E-state index contributed by atoms with van der Waals surface area (Å²) in [5.74, 6) is -0.220. The van der Waals surface area contributed by atoms with Crippen molar-refractivity contribution in [2.24, 2.45) is 0 Å². The number of benzene rings is 1. The van der Waals surface area contributed by atoms with E-state index in [1.807, 2.05) is 30.3 Å². The fourth-order valence-electron chi connectivity index (χ4n) is 1.64. The number of aromatic nitrogens is 4. The van der Waals surface area contributed by atoms with Gasteiger partial charge in [0.05, 0.1) is 17.5 Å². The summed E-state index contributed by atoms with van der Waals surface area (Å²) in [6.07, 6.45) is 1.59. The maximum Gasteiger partial charge on any atom is 0.439 e. The molecule has 0 bridgehead atoms. The molecule has 6 heteroatoms. The smallest absolute Gasteiger partial charge is 0.296 e. The van der Waals surface area contributed by atoms with Gasteiger partial charge in [-0.2, -0.15) is 5.10 Å². The Morgan fingerprint density at radius 2 is 2.00 bits per heavy atom. The Hall–Kier alpha value is -2.63. The molecule has 6 nitrogen and oxygen atoms in total. The molecule has 0 saturated carbocycles. The number of hydrogen-bond acceptors (Lipinski definition) is 4. The third-order valence-corrected chi connectivity index (χ3v) is 2.40. The number of H-pyrrole nitrogens is 2. The van der Waals surface area contributed by atoms with Crippen LogP contribution in [0.4, 0.5) is 0 Å². The van der Waals surface area contributed by atoms with Crippen LogP contribution in [0.15, 0.2) is 45.8 Å². The third kappa shape index (κ3) is 1.65. The van der Waals surface area contributed by atoms with Crippen LogP contribution in [0.1, 0.15) is 0 Å². The number of hydrogen-bond donors (Lipinski definition) is 2. The van der Waals surface area contributed by atoms with E-state index in [4.69, 9.17) is 0 Å². The van der Waals surface area contributed by atoms with Gasteiger partial charge in [0.1, 0.15) is 0 Å². The van der Waals surface area contributed by atoms with Crippen LogP contribution in [0.2, 0.25) is 0 Å². The van der Waals surface area contributed by atoms with E-state index in [2.05, 4.69) is 24.9 Å². The van der Waals surface area contributed by atoms with E-state index in [1.54, 1.807) is 6.20 Å². The fourth-order valence-corrected chi connectivity index (χ4v) is 1.64. The molecule has 0 atom stereocenters. The maximum atomic E-state index is 10.9. The minimum atomic E-state index is -0.583. The highest BCUT2D eigenvalue weighted by Crippen LogP contribution is 2.26. The molecule has 17 heavy (non-hydrogen) atoms. The van der Waals surface area contributed by atoms with Crippen molar-refractivity contribution in [1.82, 2.24) is 20.3 Å². The van der Waals surface area contributed by atoms with Gasteiger partial charge in [0, 0.05) is 5.56 Å². The molecule has 0 radical (unpaired) electrons. The van der Waals surface area contributed by atoms with E-state index in [0.717, 1.165) is 11.3 Å². The molecule has 0 spiro atoms. The highest BCUT2D eigenvalue weighted by molar-refractivity contribution is 5.76. The van der Waals surface area contributed by atoms with Crippen molar-refractivity contribution in [2.75, 3.05) is 0 Å². The lowest BCUT2D eigenvalue weighted by atomic mass is 10.1. The number of rotatable bonds is 2. The Morgan fingerprint density at radius 3 is 2.71 bits per heavy atom. The Morgan fingerprint density at radius 1 is 1.18 bits per heavy atom. The van der Waals surface area contributed by atoms with Gasteiger partial charge < -0.3 is 0 Å². The average molecular weight is 228 g/mol. The Bertz CT molecular complexity index is 681. The molecular formula is C11H8N4O2. The molecule has 0 saturated heterocycles. The summed E-state index contributed by atoms with van der Waals surface area (Å²) in [5.41, 5.74) is 2.45. The van der Waals surface area contributed by atoms with Crippen LogP contribution in [-0.4, -0.2) is 20.3 Å². The zero-order valence-corrected chi connectivity index (χ0v) is 8.68.